The van der Waals surface area contributed by atoms with E-state index < -0.39 is 0 Å². The summed E-state index contributed by atoms with van der Waals surface area (Å²) in [5, 5.41) is 12.1. The van der Waals surface area contributed by atoms with Crippen LogP contribution in [-0.4, -0.2) is 40.1 Å². The fourth-order valence-electron chi connectivity index (χ4n) is 3.23. The van der Waals surface area contributed by atoms with E-state index in [1.165, 1.54) is 11.8 Å². The Bertz CT molecular complexity index is 1100. The molecule has 0 fully saturated rings. The van der Waals surface area contributed by atoms with Crippen molar-refractivity contribution in [1.82, 2.24) is 14.8 Å². The van der Waals surface area contributed by atoms with Crippen molar-refractivity contribution in [2.24, 2.45) is 0 Å². The quantitative estimate of drug-likeness (QED) is 0.409. The number of thioether (sulfide) groups is 1. The average Bonchev–Trinajstić information content (AvgIpc) is 3.19. The highest BCUT2D eigenvalue weighted by molar-refractivity contribution is 7.99. The highest BCUT2D eigenvalue weighted by Gasteiger charge is 2.16. The summed E-state index contributed by atoms with van der Waals surface area (Å²) in [4.78, 5) is 12.5. The number of hydrogen-bond acceptors (Lipinski definition) is 7. The van der Waals surface area contributed by atoms with Gasteiger partial charge in [-0.25, -0.2) is 0 Å². The van der Waals surface area contributed by atoms with Crippen molar-refractivity contribution in [3.8, 4) is 17.2 Å². The van der Waals surface area contributed by atoms with Gasteiger partial charge in [-0.3, -0.25) is 4.79 Å². The predicted molar refractivity (Wildman–Crippen MR) is 129 cm³/mol. The number of nitrogens with one attached hydrogen (secondary N) is 1. The number of rotatable bonds is 11. The third kappa shape index (κ3) is 6.41. The molecule has 1 amide bonds. The monoisotopic (exact) mass is 470 g/mol. The van der Waals surface area contributed by atoms with E-state index >= 15 is 0 Å². The van der Waals surface area contributed by atoms with Crippen LogP contribution in [0.2, 0.25) is 0 Å². The number of methoxy groups -OCH3 is 1. The summed E-state index contributed by atoms with van der Waals surface area (Å²) in [5.74, 6) is 2.73. The molecule has 1 aromatic heterocycles. The van der Waals surface area contributed by atoms with E-state index in [9.17, 15) is 4.79 Å². The lowest BCUT2D eigenvalue weighted by molar-refractivity contribution is -0.113. The second-order valence-corrected chi connectivity index (χ2v) is 8.30. The van der Waals surface area contributed by atoms with Crippen LogP contribution in [0.15, 0.2) is 41.6 Å². The Hall–Kier alpha value is -3.20. The largest absolute Gasteiger partial charge is 0.495 e. The van der Waals surface area contributed by atoms with Crippen molar-refractivity contribution in [3.63, 3.8) is 0 Å². The predicted octanol–water partition coefficient (Wildman–Crippen LogP) is 4.63. The van der Waals surface area contributed by atoms with Gasteiger partial charge in [0, 0.05) is 6.54 Å². The summed E-state index contributed by atoms with van der Waals surface area (Å²) in [6.07, 6.45) is 0. The van der Waals surface area contributed by atoms with Gasteiger partial charge in [0.1, 0.15) is 12.4 Å². The fraction of sp³-hybridized carbons (Fsp3) is 0.375. The molecule has 0 bridgehead atoms. The van der Waals surface area contributed by atoms with Gasteiger partial charge in [0.05, 0.1) is 25.2 Å². The van der Waals surface area contributed by atoms with E-state index in [1.54, 1.807) is 7.11 Å². The Balaban J connectivity index is 1.63. The Morgan fingerprint density at radius 1 is 1.00 bits per heavy atom. The smallest absolute Gasteiger partial charge is 0.234 e. The molecule has 3 rings (SSSR count). The van der Waals surface area contributed by atoms with Crippen LogP contribution in [-0.2, 0) is 17.9 Å². The Morgan fingerprint density at radius 3 is 2.42 bits per heavy atom. The number of anilines is 1. The maximum Gasteiger partial charge on any atom is 0.234 e. The lowest BCUT2D eigenvalue weighted by Gasteiger charge is -2.13. The van der Waals surface area contributed by atoms with Gasteiger partial charge in [-0.15, -0.1) is 10.2 Å². The zero-order valence-electron chi connectivity index (χ0n) is 19.7. The van der Waals surface area contributed by atoms with Crippen LogP contribution < -0.4 is 19.5 Å². The minimum absolute atomic E-state index is 0.145. The minimum Gasteiger partial charge on any atom is -0.495 e. The minimum atomic E-state index is -0.145. The number of nitrogens with zero attached hydrogens (tertiary/aromatic N) is 3. The van der Waals surface area contributed by atoms with Gasteiger partial charge in [0.15, 0.2) is 22.5 Å². The van der Waals surface area contributed by atoms with E-state index in [4.69, 9.17) is 14.2 Å². The summed E-state index contributed by atoms with van der Waals surface area (Å²) in [5.41, 5.74) is 2.79. The first-order valence-electron chi connectivity index (χ1n) is 10.8. The zero-order chi connectivity index (χ0) is 23.8. The van der Waals surface area contributed by atoms with E-state index in [-0.39, 0.29) is 18.3 Å². The van der Waals surface area contributed by atoms with Crippen molar-refractivity contribution in [2.45, 2.75) is 46.0 Å². The van der Waals surface area contributed by atoms with Crippen LogP contribution in [0.1, 0.15) is 30.8 Å². The molecule has 0 atom stereocenters. The van der Waals surface area contributed by atoms with Gasteiger partial charge in [-0.2, -0.15) is 0 Å². The number of aryl methyl sites for hydroxylation is 2. The van der Waals surface area contributed by atoms with Gasteiger partial charge in [0.2, 0.25) is 5.91 Å². The summed E-state index contributed by atoms with van der Waals surface area (Å²) in [6.45, 7) is 9.38. The molecule has 0 unspecified atom stereocenters. The maximum absolute atomic E-state index is 12.5. The van der Waals surface area contributed by atoms with Crippen molar-refractivity contribution < 1.29 is 19.0 Å². The van der Waals surface area contributed by atoms with Crippen LogP contribution in [0.3, 0.4) is 0 Å². The molecule has 1 heterocycles. The SMILES string of the molecule is CCOc1cc(C)ccc1OCc1nnc(SCC(=O)Nc2cc(C)ccc2OC)n1CC. The first-order valence-corrected chi connectivity index (χ1v) is 11.8. The van der Waals surface area contributed by atoms with Crippen molar-refractivity contribution in [1.29, 1.82) is 0 Å². The lowest BCUT2D eigenvalue weighted by atomic mass is 10.2. The molecule has 0 aliphatic rings. The van der Waals surface area contributed by atoms with Crippen molar-refractivity contribution in [2.75, 3.05) is 24.8 Å². The molecule has 0 spiro atoms. The molecule has 0 aliphatic carbocycles. The number of carbonyl (C=O) groups excluding carboxylic acids is 1. The van der Waals surface area contributed by atoms with Gasteiger partial charge in [0.25, 0.3) is 0 Å². The van der Waals surface area contributed by atoms with Gasteiger partial charge >= 0.3 is 0 Å². The number of amides is 1. The lowest BCUT2D eigenvalue weighted by Crippen LogP contribution is -2.15. The molecule has 176 valence electrons. The highest BCUT2D eigenvalue weighted by atomic mass is 32.2. The van der Waals surface area contributed by atoms with E-state index in [0.29, 0.717) is 47.1 Å². The molecule has 3 aromatic rings. The summed E-state index contributed by atoms with van der Waals surface area (Å²) in [6, 6.07) is 11.5. The molecule has 0 aliphatic heterocycles. The molecular weight excluding hydrogens is 440 g/mol. The standard InChI is InChI=1S/C24H30N4O4S/c1-6-28-22(14-32-20-11-9-17(4)13-21(20)31-7-2)26-27-24(28)33-15-23(29)25-18-12-16(3)8-10-19(18)30-5/h8-13H,6-7,14-15H2,1-5H3,(H,25,29). The molecule has 0 saturated carbocycles. The molecule has 33 heavy (non-hydrogen) atoms. The zero-order valence-corrected chi connectivity index (χ0v) is 20.5. The second-order valence-electron chi connectivity index (χ2n) is 7.36. The third-order valence-corrected chi connectivity index (χ3v) is 5.79. The normalized spacial score (nSPS) is 10.7. The third-order valence-electron chi connectivity index (χ3n) is 4.83. The topological polar surface area (TPSA) is 87.5 Å². The Labute approximate surface area is 198 Å². The van der Waals surface area contributed by atoms with E-state index in [2.05, 4.69) is 15.5 Å². The molecule has 0 saturated heterocycles. The molecular formula is C24H30N4O4S. The number of hydrogen-bond donors (Lipinski definition) is 1. The second kappa shape index (κ2) is 11.6. The first-order chi connectivity index (χ1) is 15.9. The summed E-state index contributed by atoms with van der Waals surface area (Å²) >= 11 is 1.33. The molecule has 1 N–H and O–H groups in total. The van der Waals surface area contributed by atoms with E-state index in [0.717, 1.165) is 11.1 Å². The van der Waals surface area contributed by atoms with Crippen molar-refractivity contribution in [3.05, 3.63) is 53.3 Å². The summed E-state index contributed by atoms with van der Waals surface area (Å²) < 4.78 is 18.9. The Morgan fingerprint density at radius 2 is 1.73 bits per heavy atom. The summed E-state index contributed by atoms with van der Waals surface area (Å²) in [7, 11) is 1.58. The van der Waals surface area contributed by atoms with Gasteiger partial charge in [-0.05, 0) is 63.1 Å². The van der Waals surface area contributed by atoms with Crippen LogP contribution in [0.25, 0.3) is 0 Å². The van der Waals surface area contributed by atoms with Crippen LogP contribution in [0.5, 0.6) is 17.2 Å². The molecule has 0 radical (unpaired) electrons. The number of aromatic nitrogens is 3. The number of ether oxygens (including phenoxy) is 3. The molecule has 9 heteroatoms. The van der Waals surface area contributed by atoms with Crippen LogP contribution >= 0.6 is 11.8 Å². The first kappa shape index (κ1) is 24.4. The van der Waals surface area contributed by atoms with Gasteiger partial charge < -0.3 is 24.1 Å². The number of benzene rings is 2. The van der Waals surface area contributed by atoms with Crippen LogP contribution in [0, 0.1) is 13.8 Å². The highest BCUT2D eigenvalue weighted by Crippen LogP contribution is 2.29. The average molecular weight is 471 g/mol. The van der Waals surface area contributed by atoms with Gasteiger partial charge in [-0.1, -0.05) is 23.9 Å². The van der Waals surface area contributed by atoms with Crippen molar-refractivity contribution >= 4 is 23.4 Å². The number of carbonyl (C=O) groups is 1. The fourth-order valence-corrected chi connectivity index (χ4v) is 4.05. The molecule has 2 aromatic carbocycles. The molecule has 8 nitrogen and oxygen atoms in total. The van der Waals surface area contributed by atoms with E-state index in [1.807, 2.05) is 68.7 Å². The Kier molecular flexibility index (Phi) is 8.59. The van der Waals surface area contributed by atoms with Crippen LogP contribution in [0.4, 0.5) is 5.69 Å². The maximum atomic E-state index is 12.5.